The van der Waals surface area contributed by atoms with Crippen LogP contribution in [0.5, 0.6) is 0 Å². The lowest BCUT2D eigenvalue weighted by Gasteiger charge is -2.39. The molecular formula is C16H22O. The minimum Gasteiger partial charge on any atom is -0.380 e. The molecule has 1 nitrogen and oxygen atoms in total. The summed E-state index contributed by atoms with van der Waals surface area (Å²) < 4.78 is 0. The Morgan fingerprint density at radius 1 is 1.18 bits per heavy atom. The van der Waals surface area contributed by atoms with E-state index in [1.165, 1.54) is 19.3 Å². The van der Waals surface area contributed by atoms with Gasteiger partial charge in [-0.2, -0.15) is 0 Å². The molecular weight excluding hydrogens is 208 g/mol. The first-order valence-corrected chi connectivity index (χ1v) is 6.59. The molecule has 1 N–H and O–H groups in total. The Labute approximate surface area is 104 Å². The number of hydrogen-bond acceptors (Lipinski definition) is 1. The Kier molecular flexibility index (Phi) is 3.68. The van der Waals surface area contributed by atoms with E-state index < -0.39 is 5.60 Å². The van der Waals surface area contributed by atoms with E-state index in [-0.39, 0.29) is 0 Å². The first-order valence-electron chi connectivity index (χ1n) is 6.59. The highest BCUT2D eigenvalue weighted by atomic mass is 16.3. The summed E-state index contributed by atoms with van der Waals surface area (Å²) >= 11 is 0. The second-order valence-corrected chi connectivity index (χ2v) is 5.25. The molecule has 0 saturated heterocycles. The van der Waals surface area contributed by atoms with Gasteiger partial charge in [-0.05, 0) is 36.8 Å². The molecule has 0 aliphatic heterocycles. The van der Waals surface area contributed by atoms with Crippen molar-refractivity contribution in [2.24, 2.45) is 5.92 Å². The van der Waals surface area contributed by atoms with Crippen LogP contribution in [0.1, 0.15) is 44.6 Å². The number of aliphatic hydroxyl groups is 1. The Hall–Kier alpha value is -1.08. The van der Waals surface area contributed by atoms with Crippen molar-refractivity contribution in [1.82, 2.24) is 0 Å². The predicted molar refractivity (Wildman–Crippen MR) is 71.7 cm³/mol. The van der Waals surface area contributed by atoms with Gasteiger partial charge < -0.3 is 5.11 Å². The monoisotopic (exact) mass is 230 g/mol. The largest absolute Gasteiger partial charge is 0.380 e. The fourth-order valence-corrected chi connectivity index (χ4v) is 3.04. The van der Waals surface area contributed by atoms with Crippen LogP contribution in [0, 0.1) is 5.92 Å². The third-order valence-corrected chi connectivity index (χ3v) is 4.06. The molecule has 2 rings (SSSR count). The molecule has 1 aliphatic rings. The Bertz CT molecular complexity index is 376. The summed E-state index contributed by atoms with van der Waals surface area (Å²) in [5, 5.41) is 11.1. The Balaban J connectivity index is 2.35. The summed E-state index contributed by atoms with van der Waals surface area (Å²) in [5.74, 6) is 0.330. The average Bonchev–Trinajstić information content (AvgIpc) is 2.39. The summed E-state index contributed by atoms with van der Waals surface area (Å²) in [7, 11) is 0. The van der Waals surface area contributed by atoms with Crippen LogP contribution in [0.2, 0.25) is 0 Å². The fraction of sp³-hybridized carbons (Fsp3) is 0.500. The maximum absolute atomic E-state index is 11.1. The first-order chi connectivity index (χ1) is 8.15. The lowest BCUT2D eigenvalue weighted by Crippen LogP contribution is -2.37. The molecule has 0 amide bonds. The van der Waals surface area contributed by atoms with E-state index in [2.05, 4.69) is 6.58 Å². The normalized spacial score (nSPS) is 20.8. The summed E-state index contributed by atoms with van der Waals surface area (Å²) in [5.41, 5.74) is 1.04. The first kappa shape index (κ1) is 12.4. The van der Waals surface area contributed by atoms with E-state index in [0.717, 1.165) is 24.0 Å². The van der Waals surface area contributed by atoms with Crippen molar-refractivity contribution >= 4 is 0 Å². The number of hydrogen-bond donors (Lipinski definition) is 1. The summed E-state index contributed by atoms with van der Waals surface area (Å²) in [4.78, 5) is 0. The van der Waals surface area contributed by atoms with Gasteiger partial charge in [-0.25, -0.2) is 0 Å². The minimum absolute atomic E-state index is 0.330. The van der Waals surface area contributed by atoms with Crippen LogP contribution in [-0.2, 0) is 5.60 Å². The van der Waals surface area contributed by atoms with Crippen LogP contribution in [0.3, 0.4) is 0 Å². The van der Waals surface area contributed by atoms with E-state index in [9.17, 15) is 5.11 Å². The van der Waals surface area contributed by atoms with Crippen molar-refractivity contribution in [3.8, 4) is 0 Å². The quantitative estimate of drug-likeness (QED) is 0.777. The fourth-order valence-electron chi connectivity index (χ4n) is 3.04. The van der Waals surface area contributed by atoms with E-state index in [1.54, 1.807) is 0 Å². The second-order valence-electron chi connectivity index (χ2n) is 5.25. The Morgan fingerprint density at radius 2 is 1.76 bits per heavy atom. The van der Waals surface area contributed by atoms with Gasteiger partial charge in [0.2, 0.25) is 0 Å². The smallest absolute Gasteiger partial charge is 0.113 e. The van der Waals surface area contributed by atoms with Gasteiger partial charge in [0.1, 0.15) is 5.60 Å². The maximum atomic E-state index is 11.1. The van der Waals surface area contributed by atoms with Crippen molar-refractivity contribution < 1.29 is 5.11 Å². The predicted octanol–water partition coefficient (Wildman–Crippen LogP) is 4.03. The molecule has 1 aromatic carbocycles. The molecule has 1 fully saturated rings. The van der Waals surface area contributed by atoms with E-state index >= 15 is 0 Å². The van der Waals surface area contributed by atoms with Gasteiger partial charge in [0.05, 0.1) is 0 Å². The molecule has 1 unspecified atom stereocenters. The molecule has 0 radical (unpaired) electrons. The lowest BCUT2D eigenvalue weighted by molar-refractivity contribution is -0.00406. The zero-order chi connectivity index (χ0) is 12.3. The lowest BCUT2D eigenvalue weighted by atomic mass is 9.70. The van der Waals surface area contributed by atoms with Crippen LogP contribution in [0.25, 0.3) is 0 Å². The molecule has 1 saturated carbocycles. The van der Waals surface area contributed by atoms with Crippen LogP contribution in [-0.4, -0.2) is 5.11 Å². The van der Waals surface area contributed by atoms with Gasteiger partial charge in [-0.15, -0.1) is 0 Å². The summed E-state index contributed by atoms with van der Waals surface area (Å²) in [6.07, 6.45) is 5.98. The highest BCUT2D eigenvalue weighted by molar-refractivity contribution is 5.32. The zero-order valence-corrected chi connectivity index (χ0v) is 10.7. The summed E-state index contributed by atoms with van der Waals surface area (Å²) in [6.45, 7) is 5.97. The van der Waals surface area contributed by atoms with Gasteiger partial charge in [-0.1, -0.05) is 56.2 Å². The molecule has 1 atom stereocenters. The van der Waals surface area contributed by atoms with Gasteiger partial charge in [-0.3, -0.25) is 0 Å². The highest BCUT2D eigenvalue weighted by Crippen LogP contribution is 2.43. The van der Waals surface area contributed by atoms with Crippen molar-refractivity contribution in [2.45, 2.75) is 44.6 Å². The molecule has 0 bridgehead atoms. The van der Waals surface area contributed by atoms with Crippen molar-refractivity contribution in [3.63, 3.8) is 0 Å². The number of benzene rings is 1. The zero-order valence-electron chi connectivity index (χ0n) is 10.7. The molecule has 1 aromatic rings. The highest BCUT2D eigenvalue weighted by Gasteiger charge is 2.39. The van der Waals surface area contributed by atoms with Crippen LogP contribution in [0.4, 0.5) is 0 Å². The third-order valence-electron chi connectivity index (χ3n) is 4.06. The molecule has 1 heteroatoms. The van der Waals surface area contributed by atoms with Gasteiger partial charge in [0.25, 0.3) is 0 Å². The van der Waals surface area contributed by atoms with E-state index in [0.29, 0.717) is 5.92 Å². The Morgan fingerprint density at radius 3 is 2.29 bits per heavy atom. The van der Waals surface area contributed by atoms with Crippen molar-refractivity contribution in [3.05, 3.63) is 48.0 Å². The van der Waals surface area contributed by atoms with E-state index in [4.69, 9.17) is 0 Å². The minimum atomic E-state index is -0.832. The standard InChI is InChI=1S/C16H22O/c1-13(2)16(17,14-9-5-3-6-10-14)15-11-7-4-8-12-15/h3,5-6,9-10,15,17H,1,4,7-8,11-12H2,2H3. The van der Waals surface area contributed by atoms with Crippen LogP contribution in [0.15, 0.2) is 42.5 Å². The number of rotatable bonds is 3. The SMILES string of the molecule is C=C(C)C(O)(c1ccccc1)C1CCCCC1. The van der Waals surface area contributed by atoms with Crippen LogP contribution < -0.4 is 0 Å². The molecule has 1 aliphatic carbocycles. The third kappa shape index (κ3) is 2.30. The van der Waals surface area contributed by atoms with E-state index in [1.807, 2.05) is 37.3 Å². The van der Waals surface area contributed by atoms with Crippen molar-refractivity contribution in [1.29, 1.82) is 0 Å². The summed E-state index contributed by atoms with van der Waals surface area (Å²) in [6, 6.07) is 10.0. The average molecular weight is 230 g/mol. The maximum Gasteiger partial charge on any atom is 0.113 e. The van der Waals surface area contributed by atoms with Gasteiger partial charge >= 0.3 is 0 Å². The topological polar surface area (TPSA) is 20.2 Å². The van der Waals surface area contributed by atoms with Gasteiger partial charge in [0, 0.05) is 0 Å². The second kappa shape index (κ2) is 5.05. The molecule has 0 aromatic heterocycles. The van der Waals surface area contributed by atoms with Crippen LogP contribution >= 0.6 is 0 Å². The molecule has 0 spiro atoms. The molecule has 17 heavy (non-hydrogen) atoms. The molecule has 92 valence electrons. The van der Waals surface area contributed by atoms with Crippen molar-refractivity contribution in [2.75, 3.05) is 0 Å². The molecule has 0 heterocycles. The van der Waals surface area contributed by atoms with Gasteiger partial charge in [0.15, 0.2) is 0 Å².